The topological polar surface area (TPSA) is 58.6 Å². The zero-order valence-electron chi connectivity index (χ0n) is 20.6. The summed E-state index contributed by atoms with van der Waals surface area (Å²) in [7, 11) is 0. The molecule has 3 aromatic carbocycles. The maximum atomic E-state index is 13.2. The van der Waals surface area contributed by atoms with Gasteiger partial charge >= 0.3 is 5.97 Å². The molecule has 182 valence electrons. The first-order valence-electron chi connectivity index (χ1n) is 12.5. The zero-order valence-corrected chi connectivity index (χ0v) is 20.6. The maximum absolute atomic E-state index is 13.2. The van der Waals surface area contributed by atoms with E-state index in [9.17, 15) is 9.59 Å². The monoisotopic (exact) mass is 470 g/mol. The Morgan fingerprint density at radius 3 is 2.40 bits per heavy atom. The van der Waals surface area contributed by atoms with Crippen molar-refractivity contribution in [1.82, 2.24) is 5.32 Å². The van der Waals surface area contributed by atoms with Crippen LogP contribution in [-0.2, 0) is 16.0 Å². The van der Waals surface area contributed by atoms with Crippen molar-refractivity contribution >= 4 is 17.6 Å². The van der Waals surface area contributed by atoms with E-state index in [-0.39, 0.29) is 24.3 Å². The van der Waals surface area contributed by atoms with Crippen molar-refractivity contribution in [1.29, 1.82) is 0 Å². The highest BCUT2D eigenvalue weighted by atomic mass is 16.5. The van der Waals surface area contributed by atoms with Gasteiger partial charge in [0, 0.05) is 24.3 Å². The summed E-state index contributed by atoms with van der Waals surface area (Å²) in [4.78, 5) is 27.6. The van der Waals surface area contributed by atoms with Crippen molar-refractivity contribution in [2.24, 2.45) is 0 Å². The number of benzene rings is 3. The Kier molecular flexibility index (Phi) is 8.19. The number of carbonyl (C=O) groups is 2. The van der Waals surface area contributed by atoms with E-state index in [2.05, 4.69) is 53.5 Å². The van der Waals surface area contributed by atoms with Gasteiger partial charge in [0.2, 0.25) is 5.91 Å². The first-order valence-corrected chi connectivity index (χ1v) is 12.5. The molecule has 0 aliphatic carbocycles. The second kappa shape index (κ2) is 11.7. The van der Waals surface area contributed by atoms with E-state index in [1.807, 2.05) is 24.3 Å². The molecule has 5 nitrogen and oxygen atoms in total. The van der Waals surface area contributed by atoms with Crippen LogP contribution in [0.15, 0.2) is 72.8 Å². The summed E-state index contributed by atoms with van der Waals surface area (Å²) in [6, 6.07) is 23.6. The Morgan fingerprint density at radius 2 is 1.69 bits per heavy atom. The Labute approximate surface area is 208 Å². The predicted molar refractivity (Wildman–Crippen MR) is 140 cm³/mol. The lowest BCUT2D eigenvalue weighted by Crippen LogP contribution is -2.34. The van der Waals surface area contributed by atoms with Crippen molar-refractivity contribution in [2.45, 2.75) is 45.6 Å². The number of rotatable bonds is 8. The molecular weight excluding hydrogens is 436 g/mol. The zero-order chi connectivity index (χ0) is 24.6. The van der Waals surface area contributed by atoms with Crippen LogP contribution in [0.25, 0.3) is 0 Å². The number of anilines is 1. The predicted octanol–water partition coefficient (Wildman–Crippen LogP) is 5.61. The SMILES string of the molecule is CCOC(=O)c1ccc(CC(=O)NC(c2cccc(C)c2)c2ccccc2N2CCCCC2)cc1. The number of para-hydroxylation sites is 1. The molecule has 1 heterocycles. The number of piperidine rings is 1. The second-order valence-electron chi connectivity index (χ2n) is 9.12. The first kappa shape index (κ1) is 24.5. The molecule has 1 fully saturated rings. The number of aryl methyl sites for hydroxylation is 1. The molecule has 3 aromatic rings. The van der Waals surface area contributed by atoms with Crippen LogP contribution in [0.3, 0.4) is 0 Å². The molecule has 5 heteroatoms. The van der Waals surface area contributed by atoms with E-state index in [1.165, 1.54) is 24.9 Å². The van der Waals surface area contributed by atoms with Gasteiger partial charge in [0.15, 0.2) is 0 Å². The number of ether oxygens (including phenoxy) is 1. The van der Waals surface area contributed by atoms with Crippen LogP contribution in [0, 0.1) is 6.92 Å². The van der Waals surface area contributed by atoms with Crippen LogP contribution in [0.4, 0.5) is 5.69 Å². The van der Waals surface area contributed by atoms with Crippen LogP contribution in [0.1, 0.15) is 64.8 Å². The largest absolute Gasteiger partial charge is 0.462 e. The van der Waals surface area contributed by atoms with Gasteiger partial charge < -0.3 is 15.0 Å². The van der Waals surface area contributed by atoms with E-state index in [1.54, 1.807) is 19.1 Å². The van der Waals surface area contributed by atoms with Gasteiger partial charge in [0.25, 0.3) is 0 Å². The minimum absolute atomic E-state index is 0.0613. The minimum atomic E-state index is -0.350. The number of esters is 1. The Hall–Kier alpha value is -3.60. The van der Waals surface area contributed by atoms with E-state index in [4.69, 9.17) is 4.74 Å². The summed E-state index contributed by atoms with van der Waals surface area (Å²) >= 11 is 0. The molecule has 4 rings (SSSR count). The van der Waals surface area contributed by atoms with E-state index < -0.39 is 0 Å². The van der Waals surface area contributed by atoms with Crippen molar-refractivity contribution in [3.63, 3.8) is 0 Å². The molecule has 0 aromatic heterocycles. The van der Waals surface area contributed by atoms with Gasteiger partial charge in [-0.25, -0.2) is 4.79 Å². The van der Waals surface area contributed by atoms with Crippen LogP contribution in [0.5, 0.6) is 0 Å². The average molecular weight is 471 g/mol. The molecule has 1 atom stereocenters. The third kappa shape index (κ3) is 6.30. The highest BCUT2D eigenvalue weighted by Gasteiger charge is 2.23. The van der Waals surface area contributed by atoms with Gasteiger partial charge in [-0.05, 0) is 62.4 Å². The van der Waals surface area contributed by atoms with Crippen molar-refractivity contribution < 1.29 is 14.3 Å². The molecule has 1 aliphatic heterocycles. The normalized spacial score (nSPS) is 14.3. The molecular formula is C30H34N2O3. The van der Waals surface area contributed by atoms with Gasteiger partial charge in [-0.3, -0.25) is 4.79 Å². The minimum Gasteiger partial charge on any atom is -0.462 e. The number of nitrogens with one attached hydrogen (secondary N) is 1. The second-order valence-corrected chi connectivity index (χ2v) is 9.12. The average Bonchev–Trinajstić information content (AvgIpc) is 2.88. The number of nitrogens with zero attached hydrogens (tertiary/aromatic N) is 1. The molecule has 0 radical (unpaired) electrons. The lowest BCUT2D eigenvalue weighted by Gasteiger charge is -2.33. The molecule has 1 unspecified atom stereocenters. The lowest BCUT2D eigenvalue weighted by molar-refractivity contribution is -0.120. The van der Waals surface area contributed by atoms with Crippen LogP contribution >= 0.6 is 0 Å². The highest BCUT2D eigenvalue weighted by Crippen LogP contribution is 2.33. The van der Waals surface area contributed by atoms with Crippen molar-refractivity contribution in [3.8, 4) is 0 Å². The Bertz CT molecular complexity index is 1150. The molecule has 0 bridgehead atoms. The van der Waals surface area contributed by atoms with Crippen molar-refractivity contribution in [3.05, 3.63) is 101 Å². The van der Waals surface area contributed by atoms with Gasteiger partial charge in [-0.15, -0.1) is 0 Å². The van der Waals surface area contributed by atoms with Gasteiger partial charge in [0.05, 0.1) is 24.6 Å². The quantitative estimate of drug-likeness (QED) is 0.435. The third-order valence-electron chi connectivity index (χ3n) is 6.46. The summed E-state index contributed by atoms with van der Waals surface area (Å²) < 4.78 is 5.05. The molecule has 1 amide bonds. The summed E-state index contributed by atoms with van der Waals surface area (Å²) in [5.41, 5.74) is 5.88. The lowest BCUT2D eigenvalue weighted by atomic mass is 9.94. The molecule has 1 N–H and O–H groups in total. The number of hydrogen-bond acceptors (Lipinski definition) is 4. The smallest absolute Gasteiger partial charge is 0.338 e. The fourth-order valence-corrected chi connectivity index (χ4v) is 4.72. The number of hydrogen-bond donors (Lipinski definition) is 1. The fraction of sp³-hybridized carbons (Fsp3) is 0.333. The number of amides is 1. The van der Waals surface area contributed by atoms with E-state index >= 15 is 0 Å². The summed E-state index contributed by atoms with van der Waals surface area (Å²) in [5, 5.41) is 3.31. The van der Waals surface area contributed by atoms with Crippen LogP contribution in [-0.4, -0.2) is 31.6 Å². The van der Waals surface area contributed by atoms with Crippen LogP contribution in [0.2, 0.25) is 0 Å². The van der Waals surface area contributed by atoms with Crippen molar-refractivity contribution in [2.75, 3.05) is 24.6 Å². The summed E-state index contributed by atoms with van der Waals surface area (Å²) in [6.07, 6.45) is 3.89. The molecule has 1 saturated heterocycles. The third-order valence-corrected chi connectivity index (χ3v) is 6.46. The highest BCUT2D eigenvalue weighted by molar-refractivity contribution is 5.89. The van der Waals surface area contributed by atoms with Gasteiger partial charge in [-0.2, -0.15) is 0 Å². The van der Waals surface area contributed by atoms with E-state index in [0.717, 1.165) is 35.3 Å². The number of carbonyl (C=O) groups excluding carboxylic acids is 2. The maximum Gasteiger partial charge on any atom is 0.338 e. The molecule has 0 spiro atoms. The standard InChI is InChI=1S/C30H34N2O3/c1-3-35-30(34)24-16-14-23(15-17-24)21-28(33)31-29(25-11-9-10-22(2)20-25)26-12-5-6-13-27(26)32-18-7-4-8-19-32/h5-6,9-17,20,29H,3-4,7-8,18-19,21H2,1-2H3,(H,31,33). The molecule has 0 saturated carbocycles. The van der Waals surface area contributed by atoms with Crippen LogP contribution < -0.4 is 10.2 Å². The van der Waals surface area contributed by atoms with Gasteiger partial charge in [-0.1, -0.05) is 60.2 Å². The molecule has 1 aliphatic rings. The summed E-state index contributed by atoms with van der Waals surface area (Å²) in [5.74, 6) is -0.411. The Balaban J connectivity index is 1.58. The fourth-order valence-electron chi connectivity index (χ4n) is 4.72. The Morgan fingerprint density at radius 1 is 0.943 bits per heavy atom. The van der Waals surface area contributed by atoms with Gasteiger partial charge in [0.1, 0.15) is 0 Å². The first-order chi connectivity index (χ1) is 17.0. The summed E-state index contributed by atoms with van der Waals surface area (Å²) in [6.45, 7) is 6.27. The molecule has 35 heavy (non-hydrogen) atoms. The van der Waals surface area contributed by atoms with E-state index in [0.29, 0.717) is 12.2 Å².